The van der Waals surface area contributed by atoms with Crippen LogP contribution in [0.25, 0.3) is 0 Å². The van der Waals surface area contributed by atoms with Gasteiger partial charge in [-0.2, -0.15) is 0 Å². The molecule has 3 heteroatoms. The number of amides is 1. The topological polar surface area (TPSA) is 41.1 Å². The van der Waals surface area contributed by atoms with Crippen LogP contribution >= 0.6 is 0 Å². The smallest absolute Gasteiger partial charge is 0.207 e. The summed E-state index contributed by atoms with van der Waals surface area (Å²) in [6.07, 6.45) is 9.29. The lowest BCUT2D eigenvalue weighted by molar-refractivity contribution is -0.109. The molecule has 0 aliphatic rings. The van der Waals surface area contributed by atoms with E-state index in [9.17, 15) is 4.79 Å². The molecule has 0 aromatic heterocycles. The maximum atomic E-state index is 10.1. The summed E-state index contributed by atoms with van der Waals surface area (Å²) >= 11 is 0. The highest BCUT2D eigenvalue weighted by molar-refractivity contribution is 5.46. The molecule has 0 heterocycles. The van der Waals surface area contributed by atoms with E-state index >= 15 is 0 Å². The number of carbonyl (C=O) groups is 1. The third kappa shape index (κ3) is 7.82. The van der Waals surface area contributed by atoms with Crippen LogP contribution in [0.15, 0.2) is 60.0 Å². The summed E-state index contributed by atoms with van der Waals surface area (Å²) in [4.78, 5) is 10.1. The molecular weight excluding hydrogens is 236 g/mol. The molecule has 0 aromatic carbocycles. The van der Waals surface area contributed by atoms with Crippen LogP contribution in [0, 0.1) is 0 Å². The molecule has 0 aliphatic heterocycles. The van der Waals surface area contributed by atoms with Gasteiger partial charge in [0.1, 0.15) is 0 Å². The maximum absolute atomic E-state index is 10.1. The Hall–Kier alpha value is -2.03. The van der Waals surface area contributed by atoms with Crippen LogP contribution in [0.3, 0.4) is 0 Å². The molecule has 0 bridgehead atoms. The Bertz CT molecular complexity index is 414. The third-order valence-electron chi connectivity index (χ3n) is 2.64. The second-order valence-corrected chi connectivity index (χ2v) is 4.22. The van der Waals surface area contributed by atoms with Crippen molar-refractivity contribution in [3.05, 3.63) is 60.0 Å². The Kier molecular flexibility index (Phi) is 8.88. The fourth-order valence-electron chi connectivity index (χ4n) is 1.28. The first-order valence-electron chi connectivity index (χ1n) is 6.29. The Labute approximate surface area is 116 Å². The molecule has 0 atom stereocenters. The van der Waals surface area contributed by atoms with Crippen molar-refractivity contribution in [2.45, 2.75) is 27.2 Å². The Morgan fingerprint density at radius 1 is 1.26 bits per heavy atom. The minimum absolute atomic E-state index is 0.558. The van der Waals surface area contributed by atoms with Crippen molar-refractivity contribution in [3.8, 4) is 0 Å². The quantitative estimate of drug-likeness (QED) is 0.289. The highest BCUT2D eigenvalue weighted by Gasteiger charge is 1.99. The monoisotopic (exact) mass is 260 g/mol. The van der Waals surface area contributed by atoms with Gasteiger partial charge >= 0.3 is 0 Å². The number of hydrogen-bond acceptors (Lipinski definition) is 2. The number of nitrogens with one attached hydrogen (secondary N) is 2. The first-order valence-corrected chi connectivity index (χ1v) is 6.29. The summed E-state index contributed by atoms with van der Waals surface area (Å²) in [6, 6.07) is 0. The van der Waals surface area contributed by atoms with E-state index in [1.165, 1.54) is 5.57 Å². The Morgan fingerprint density at radius 3 is 2.47 bits per heavy atom. The fourth-order valence-corrected chi connectivity index (χ4v) is 1.28. The molecular formula is C16H24N2O. The van der Waals surface area contributed by atoms with Crippen molar-refractivity contribution in [2.75, 3.05) is 6.54 Å². The molecule has 0 saturated carbocycles. The third-order valence-corrected chi connectivity index (χ3v) is 2.64. The summed E-state index contributed by atoms with van der Waals surface area (Å²) in [5.74, 6) is 0. The largest absolute Gasteiger partial charge is 0.359 e. The van der Waals surface area contributed by atoms with Crippen molar-refractivity contribution in [1.29, 1.82) is 0 Å². The summed E-state index contributed by atoms with van der Waals surface area (Å²) in [5, 5.41) is 5.90. The normalized spacial score (nSPS) is 12.9. The van der Waals surface area contributed by atoms with Gasteiger partial charge in [-0.15, -0.1) is 0 Å². The van der Waals surface area contributed by atoms with Crippen LogP contribution in [-0.2, 0) is 4.79 Å². The van der Waals surface area contributed by atoms with Crippen LogP contribution in [0.1, 0.15) is 27.2 Å². The lowest BCUT2D eigenvalue weighted by Crippen LogP contribution is -2.12. The standard InChI is InChI=1S/C16H24N2O/c1-6-14(4)16(18-15(5)7-2)9-8-13(3)10-11-17-12-19/h6-7,9-10,12,18H,1,4,8,11H2,2-3,5H3,(H,17,19)/b13-10+,15-7+,16-9-. The van der Waals surface area contributed by atoms with Gasteiger partial charge in [-0.3, -0.25) is 4.79 Å². The number of hydrogen-bond donors (Lipinski definition) is 2. The van der Waals surface area contributed by atoms with Crippen molar-refractivity contribution in [2.24, 2.45) is 0 Å². The van der Waals surface area contributed by atoms with Crippen LogP contribution in [-0.4, -0.2) is 13.0 Å². The molecule has 0 aliphatic carbocycles. The van der Waals surface area contributed by atoms with E-state index in [4.69, 9.17) is 0 Å². The lowest BCUT2D eigenvalue weighted by atomic mass is 10.1. The number of rotatable bonds is 9. The van der Waals surface area contributed by atoms with Crippen LogP contribution in [0.4, 0.5) is 0 Å². The summed E-state index contributed by atoms with van der Waals surface area (Å²) in [5.41, 5.74) is 4.07. The minimum atomic E-state index is 0.558. The molecule has 0 unspecified atom stereocenters. The number of allylic oxidation sites excluding steroid dienone is 5. The molecule has 104 valence electrons. The zero-order chi connectivity index (χ0) is 14.7. The van der Waals surface area contributed by atoms with Crippen molar-refractivity contribution in [1.82, 2.24) is 10.6 Å². The minimum Gasteiger partial charge on any atom is -0.359 e. The SMILES string of the molecule is C=CC(=C)/C(=C/C/C(C)=C/CNC=O)N/C(C)=C/C. The molecule has 0 rings (SSSR count). The maximum Gasteiger partial charge on any atom is 0.207 e. The van der Waals surface area contributed by atoms with Crippen LogP contribution < -0.4 is 10.6 Å². The Morgan fingerprint density at radius 2 is 1.95 bits per heavy atom. The van der Waals surface area contributed by atoms with Gasteiger partial charge in [-0.1, -0.05) is 43.0 Å². The lowest BCUT2D eigenvalue weighted by Gasteiger charge is -2.12. The molecule has 0 fully saturated rings. The van der Waals surface area contributed by atoms with Gasteiger partial charge in [0, 0.05) is 17.9 Å². The van der Waals surface area contributed by atoms with Gasteiger partial charge in [0.05, 0.1) is 0 Å². The zero-order valence-electron chi connectivity index (χ0n) is 12.1. The first kappa shape index (κ1) is 17.0. The number of carbonyl (C=O) groups excluding carboxylic acids is 1. The summed E-state index contributed by atoms with van der Waals surface area (Å²) in [7, 11) is 0. The molecule has 3 nitrogen and oxygen atoms in total. The van der Waals surface area contributed by atoms with Gasteiger partial charge in [0.2, 0.25) is 6.41 Å². The van der Waals surface area contributed by atoms with Gasteiger partial charge in [-0.05, 0) is 32.8 Å². The summed E-state index contributed by atoms with van der Waals surface area (Å²) < 4.78 is 0. The average molecular weight is 260 g/mol. The van der Waals surface area contributed by atoms with Gasteiger partial charge in [0.15, 0.2) is 0 Å². The van der Waals surface area contributed by atoms with Gasteiger partial charge in [-0.25, -0.2) is 0 Å². The van der Waals surface area contributed by atoms with E-state index in [2.05, 4.69) is 29.9 Å². The second kappa shape index (κ2) is 9.95. The molecule has 19 heavy (non-hydrogen) atoms. The van der Waals surface area contributed by atoms with E-state index in [0.29, 0.717) is 13.0 Å². The molecule has 0 spiro atoms. The van der Waals surface area contributed by atoms with E-state index in [1.54, 1.807) is 6.08 Å². The van der Waals surface area contributed by atoms with Crippen molar-refractivity contribution >= 4 is 6.41 Å². The highest BCUT2D eigenvalue weighted by Crippen LogP contribution is 2.11. The van der Waals surface area contributed by atoms with Crippen LogP contribution in [0.5, 0.6) is 0 Å². The Balaban J connectivity index is 4.72. The van der Waals surface area contributed by atoms with Gasteiger partial charge in [0.25, 0.3) is 0 Å². The summed E-state index contributed by atoms with van der Waals surface area (Å²) in [6.45, 7) is 14.3. The molecule has 0 aromatic rings. The van der Waals surface area contributed by atoms with E-state index in [0.717, 1.165) is 23.4 Å². The van der Waals surface area contributed by atoms with E-state index < -0.39 is 0 Å². The van der Waals surface area contributed by atoms with Crippen molar-refractivity contribution in [3.63, 3.8) is 0 Å². The highest BCUT2D eigenvalue weighted by atomic mass is 16.1. The predicted molar refractivity (Wildman–Crippen MR) is 82.4 cm³/mol. The molecule has 1 amide bonds. The first-order chi connectivity index (χ1) is 9.04. The molecule has 2 N–H and O–H groups in total. The van der Waals surface area contributed by atoms with Crippen LogP contribution in [0.2, 0.25) is 0 Å². The predicted octanol–water partition coefficient (Wildman–Crippen LogP) is 3.21. The van der Waals surface area contributed by atoms with E-state index in [1.807, 2.05) is 32.9 Å². The average Bonchev–Trinajstić information content (AvgIpc) is 2.42. The van der Waals surface area contributed by atoms with E-state index in [-0.39, 0.29) is 0 Å². The second-order valence-electron chi connectivity index (χ2n) is 4.22. The molecule has 0 radical (unpaired) electrons. The van der Waals surface area contributed by atoms with Crippen molar-refractivity contribution < 1.29 is 4.79 Å². The zero-order valence-corrected chi connectivity index (χ0v) is 12.1. The fraction of sp³-hybridized carbons (Fsp3) is 0.312. The molecule has 0 saturated heterocycles. The van der Waals surface area contributed by atoms with Gasteiger partial charge < -0.3 is 10.6 Å².